The Bertz CT molecular complexity index is 588. The van der Waals surface area contributed by atoms with Gasteiger partial charge in [0, 0.05) is 7.26 Å². The number of nitrogens with zero attached hydrogens (tertiary/aromatic N) is 1. The van der Waals surface area contributed by atoms with Crippen LogP contribution in [-0.4, -0.2) is 29.5 Å². The van der Waals surface area contributed by atoms with Gasteiger partial charge in [0.25, 0.3) is 0 Å². The van der Waals surface area contributed by atoms with Crippen molar-refractivity contribution in [1.29, 1.82) is 0 Å². The molecule has 1 aromatic carbocycles. The Kier molecular flexibility index (Phi) is 7.34. The van der Waals surface area contributed by atoms with E-state index in [2.05, 4.69) is 6.92 Å². The van der Waals surface area contributed by atoms with Gasteiger partial charge < -0.3 is 4.74 Å². The maximum absolute atomic E-state index is 12.9. The van der Waals surface area contributed by atoms with E-state index in [0.717, 1.165) is 24.8 Å². The Labute approximate surface area is 153 Å². The van der Waals surface area contributed by atoms with Crippen LogP contribution in [0.5, 0.6) is 0 Å². The summed E-state index contributed by atoms with van der Waals surface area (Å²) in [5, 5.41) is 0. The number of carbonyl (C=O) groups is 2. The van der Waals surface area contributed by atoms with E-state index in [9.17, 15) is 9.59 Å². The van der Waals surface area contributed by atoms with Crippen LogP contribution in [0.4, 0.5) is 4.79 Å². The third-order valence-electron chi connectivity index (χ3n) is 4.76. The maximum Gasteiger partial charge on any atom is 0.416 e. The number of benzene rings is 1. The molecule has 25 heavy (non-hydrogen) atoms. The van der Waals surface area contributed by atoms with Gasteiger partial charge in [-0.2, -0.15) is 0 Å². The summed E-state index contributed by atoms with van der Waals surface area (Å²) in [5.74, 6) is -1.72. The number of hydrogen-bond acceptors (Lipinski definition) is 3. The molecule has 2 rings (SSSR count). The number of hydrogen-bond donors (Lipinski definition) is 0. The second kappa shape index (κ2) is 10.2. The lowest BCUT2D eigenvalue weighted by Crippen LogP contribution is -2.43. The third-order valence-corrected chi connectivity index (χ3v) is 4.76. The van der Waals surface area contributed by atoms with Gasteiger partial charge in [-0.05, 0) is 18.4 Å². The highest BCUT2D eigenvalue weighted by Gasteiger charge is 2.39. The molecule has 1 fully saturated rings. The first-order valence-electron chi connectivity index (χ1n) is 10.00. The number of cyclic esters (lactones) is 1. The summed E-state index contributed by atoms with van der Waals surface area (Å²) >= 11 is 0. The van der Waals surface area contributed by atoms with Gasteiger partial charge in [-0.3, -0.25) is 4.79 Å². The van der Waals surface area contributed by atoms with E-state index in [0.29, 0.717) is 12.8 Å². The van der Waals surface area contributed by atoms with Crippen molar-refractivity contribution in [3.05, 3.63) is 35.9 Å². The van der Waals surface area contributed by atoms with Crippen molar-refractivity contribution in [3.63, 3.8) is 0 Å². The first-order chi connectivity index (χ1) is 12.5. The SMILES string of the molecule is [2H][13C@](C)(CCCCCCCC)C(=O)N1C(=O)OC[C@@H]1Cc1ccccc1. The predicted molar refractivity (Wildman–Crippen MR) is 99.3 cm³/mol. The molecule has 1 aromatic rings. The average Bonchev–Trinajstić information content (AvgIpc) is 2.98. The van der Waals surface area contributed by atoms with E-state index in [1.807, 2.05) is 30.3 Å². The van der Waals surface area contributed by atoms with E-state index in [4.69, 9.17) is 6.11 Å². The fraction of sp³-hybridized carbons (Fsp3) is 0.619. The molecule has 1 aliphatic rings. The Balaban J connectivity index is 1.92. The van der Waals surface area contributed by atoms with Gasteiger partial charge in [0.1, 0.15) is 6.61 Å². The third kappa shape index (κ3) is 5.87. The Hall–Kier alpha value is -1.84. The van der Waals surface area contributed by atoms with Crippen molar-refractivity contribution in [3.8, 4) is 0 Å². The molecule has 4 nitrogen and oxygen atoms in total. The van der Waals surface area contributed by atoms with Crippen LogP contribution >= 0.6 is 0 Å². The Morgan fingerprint density at radius 2 is 1.92 bits per heavy atom. The summed E-state index contributed by atoms with van der Waals surface area (Å²) in [5.41, 5.74) is 1.05. The van der Waals surface area contributed by atoms with Gasteiger partial charge >= 0.3 is 6.09 Å². The van der Waals surface area contributed by atoms with Crippen LogP contribution < -0.4 is 0 Å². The summed E-state index contributed by atoms with van der Waals surface area (Å²) in [4.78, 5) is 26.2. The summed E-state index contributed by atoms with van der Waals surface area (Å²) in [6.45, 7) is 4.00. The van der Waals surface area contributed by atoms with Crippen molar-refractivity contribution < 1.29 is 15.7 Å². The van der Waals surface area contributed by atoms with Gasteiger partial charge in [-0.25, -0.2) is 9.69 Å². The number of unbranched alkanes of at least 4 members (excludes halogenated alkanes) is 5. The van der Waals surface area contributed by atoms with Crippen LogP contribution in [0.1, 0.15) is 65.7 Å². The highest BCUT2D eigenvalue weighted by molar-refractivity contribution is 5.94. The molecule has 0 saturated carbocycles. The normalized spacial score (nSPS) is 20.1. The number of amides is 2. The van der Waals surface area contributed by atoms with Crippen LogP contribution in [0, 0.1) is 5.89 Å². The zero-order chi connectivity index (χ0) is 19.0. The van der Waals surface area contributed by atoms with Gasteiger partial charge in [0.05, 0.1) is 6.04 Å². The first-order valence-corrected chi connectivity index (χ1v) is 9.50. The molecular weight excluding hydrogens is 315 g/mol. The van der Waals surface area contributed by atoms with Crippen LogP contribution in [0.25, 0.3) is 0 Å². The molecule has 0 spiro atoms. The standard InChI is InChI=1S/C21H31NO3/c1-3-4-5-6-7-9-12-17(2)20(23)22-19(16-25-21(22)24)15-18-13-10-8-11-14-18/h8,10-11,13-14,17,19H,3-7,9,12,15-16H2,1-2H3/t17-,19-/m0/s1/i17+1D. The lowest BCUT2D eigenvalue weighted by Gasteiger charge is -2.23. The highest BCUT2D eigenvalue weighted by atomic mass is 16.6. The number of ether oxygens (including phenoxy) is 1. The summed E-state index contributed by atoms with van der Waals surface area (Å²) in [7, 11) is 0. The molecule has 2 atom stereocenters. The van der Waals surface area contributed by atoms with Crippen LogP contribution in [-0.2, 0) is 16.0 Å². The van der Waals surface area contributed by atoms with Gasteiger partial charge in [-0.1, -0.05) is 82.7 Å². The van der Waals surface area contributed by atoms with E-state index in [-0.39, 0.29) is 12.6 Å². The molecule has 1 aliphatic heterocycles. The van der Waals surface area contributed by atoms with Crippen molar-refractivity contribution in [1.82, 2.24) is 4.90 Å². The minimum Gasteiger partial charge on any atom is -0.447 e. The highest BCUT2D eigenvalue weighted by Crippen LogP contribution is 2.22. The molecule has 0 unspecified atom stereocenters. The molecule has 0 radical (unpaired) electrons. The fourth-order valence-corrected chi connectivity index (χ4v) is 3.23. The van der Waals surface area contributed by atoms with Gasteiger partial charge in [-0.15, -0.1) is 0 Å². The molecular formula is C21H31NO3. The van der Waals surface area contributed by atoms with Crippen LogP contribution in [0.2, 0.25) is 0 Å². The molecule has 1 heterocycles. The summed E-state index contributed by atoms with van der Waals surface area (Å²) < 4.78 is 13.6. The molecule has 0 N–H and O–H groups in total. The summed E-state index contributed by atoms with van der Waals surface area (Å²) in [6, 6.07) is 9.43. The minimum absolute atomic E-state index is 0.201. The minimum atomic E-state index is -1.29. The lowest BCUT2D eigenvalue weighted by atomic mass is 10.1. The average molecular weight is 347 g/mol. The van der Waals surface area contributed by atoms with Crippen molar-refractivity contribution in [2.75, 3.05) is 6.61 Å². The molecule has 1 saturated heterocycles. The first kappa shape index (κ1) is 18.0. The quantitative estimate of drug-likeness (QED) is 0.444. The predicted octanol–water partition coefficient (Wildman–Crippen LogP) is 4.96. The molecule has 138 valence electrons. The number of rotatable bonds is 10. The van der Waals surface area contributed by atoms with Crippen molar-refractivity contribution in [2.24, 2.45) is 5.89 Å². The molecule has 0 aromatic heterocycles. The zero-order valence-electron chi connectivity index (χ0n) is 16.5. The van der Waals surface area contributed by atoms with Crippen LogP contribution in [0.3, 0.4) is 0 Å². The molecule has 0 bridgehead atoms. The second-order valence-electron chi connectivity index (χ2n) is 6.89. The molecule has 0 aliphatic carbocycles. The molecule has 4 heteroatoms. The fourth-order valence-electron chi connectivity index (χ4n) is 3.23. The molecule has 2 amide bonds. The van der Waals surface area contributed by atoms with E-state index >= 15 is 0 Å². The van der Waals surface area contributed by atoms with Gasteiger partial charge in [0.2, 0.25) is 5.91 Å². The summed E-state index contributed by atoms with van der Waals surface area (Å²) in [6.07, 6.45) is 7.06. The van der Waals surface area contributed by atoms with Crippen molar-refractivity contribution >= 4 is 12.0 Å². The van der Waals surface area contributed by atoms with E-state index in [1.165, 1.54) is 24.2 Å². The zero-order valence-corrected chi connectivity index (χ0v) is 15.5. The number of carbonyl (C=O) groups excluding carboxylic acids is 2. The largest absolute Gasteiger partial charge is 0.447 e. The second-order valence-corrected chi connectivity index (χ2v) is 6.89. The Morgan fingerprint density at radius 3 is 2.64 bits per heavy atom. The Morgan fingerprint density at radius 1 is 1.24 bits per heavy atom. The topological polar surface area (TPSA) is 46.6 Å². The van der Waals surface area contributed by atoms with Crippen molar-refractivity contribution in [2.45, 2.75) is 71.3 Å². The smallest absolute Gasteiger partial charge is 0.416 e. The monoisotopic (exact) mass is 347 g/mol. The van der Waals surface area contributed by atoms with Gasteiger partial charge in [0.15, 0.2) is 0 Å². The van der Waals surface area contributed by atoms with Crippen LogP contribution in [0.15, 0.2) is 30.3 Å². The van der Waals surface area contributed by atoms with E-state index in [1.54, 1.807) is 6.92 Å². The maximum atomic E-state index is 12.9. The lowest BCUT2D eigenvalue weighted by molar-refractivity contribution is -0.133. The number of imide groups is 1. The van der Waals surface area contributed by atoms with E-state index < -0.39 is 17.9 Å².